The molecule has 30 heavy (non-hydrogen) atoms. The summed E-state index contributed by atoms with van der Waals surface area (Å²) in [7, 11) is 5.57. The number of carbonyl (C=O) groups is 2. The quantitative estimate of drug-likeness (QED) is 0.680. The number of piperidine rings is 2. The van der Waals surface area contributed by atoms with Crippen molar-refractivity contribution in [2.45, 2.75) is 31.8 Å². The SMILES string of the molecule is COCC(=O)N1CCC(Oc2ccc(C(=O)N(C)CC3CCCN(C)C3)cc2)CC1. The molecule has 0 spiro atoms. The molecule has 0 aromatic heterocycles. The van der Waals surface area contributed by atoms with Crippen molar-refractivity contribution in [2.24, 2.45) is 5.92 Å². The zero-order valence-corrected chi connectivity index (χ0v) is 18.5. The molecule has 0 N–H and O–H groups in total. The monoisotopic (exact) mass is 417 g/mol. The van der Waals surface area contributed by atoms with Gasteiger partial charge in [0.25, 0.3) is 5.91 Å². The number of likely N-dealkylation sites (tertiary alicyclic amines) is 2. The van der Waals surface area contributed by atoms with E-state index in [-0.39, 0.29) is 24.5 Å². The number of rotatable bonds is 7. The van der Waals surface area contributed by atoms with Crippen LogP contribution in [0.3, 0.4) is 0 Å². The molecule has 2 aliphatic heterocycles. The zero-order valence-electron chi connectivity index (χ0n) is 18.5. The molecule has 1 unspecified atom stereocenters. The summed E-state index contributed by atoms with van der Waals surface area (Å²) in [6.45, 7) is 4.50. The minimum absolute atomic E-state index is 0.0304. The second-order valence-electron chi connectivity index (χ2n) is 8.61. The summed E-state index contributed by atoms with van der Waals surface area (Å²) in [4.78, 5) is 30.7. The van der Waals surface area contributed by atoms with Crippen molar-refractivity contribution in [2.75, 3.05) is 60.5 Å². The maximum absolute atomic E-state index is 12.8. The Balaban J connectivity index is 1.46. The second kappa shape index (κ2) is 10.8. The Morgan fingerprint density at radius 2 is 1.80 bits per heavy atom. The van der Waals surface area contributed by atoms with Gasteiger partial charge in [-0.05, 0) is 56.6 Å². The standard InChI is InChI=1S/C23H35N3O4/c1-24-12-4-5-18(15-24)16-25(2)23(28)19-6-8-20(9-7-19)30-21-10-13-26(14-11-21)22(27)17-29-3/h6-9,18,21H,4-5,10-17H2,1-3H3. The Hall–Kier alpha value is -2.12. The maximum Gasteiger partial charge on any atom is 0.253 e. The smallest absolute Gasteiger partial charge is 0.253 e. The average Bonchev–Trinajstić information content (AvgIpc) is 2.74. The van der Waals surface area contributed by atoms with Crippen LogP contribution in [0.2, 0.25) is 0 Å². The highest BCUT2D eigenvalue weighted by Gasteiger charge is 2.24. The lowest BCUT2D eigenvalue weighted by atomic mass is 9.98. The third-order valence-electron chi connectivity index (χ3n) is 6.07. The fraction of sp³-hybridized carbons (Fsp3) is 0.652. The van der Waals surface area contributed by atoms with Crippen molar-refractivity contribution in [3.8, 4) is 5.75 Å². The molecular weight excluding hydrogens is 382 g/mol. The molecule has 1 aromatic carbocycles. The van der Waals surface area contributed by atoms with Gasteiger partial charge in [-0.25, -0.2) is 0 Å². The third kappa shape index (κ3) is 6.19. The predicted molar refractivity (Wildman–Crippen MR) is 116 cm³/mol. The van der Waals surface area contributed by atoms with Crippen LogP contribution in [0.25, 0.3) is 0 Å². The fourth-order valence-corrected chi connectivity index (χ4v) is 4.42. The lowest BCUT2D eigenvalue weighted by Gasteiger charge is -2.32. The van der Waals surface area contributed by atoms with Gasteiger partial charge in [0.15, 0.2) is 0 Å². The first-order valence-electron chi connectivity index (χ1n) is 10.9. The van der Waals surface area contributed by atoms with Crippen LogP contribution in [0.4, 0.5) is 0 Å². The van der Waals surface area contributed by atoms with Crippen molar-refractivity contribution in [1.82, 2.24) is 14.7 Å². The van der Waals surface area contributed by atoms with E-state index in [1.165, 1.54) is 20.0 Å². The molecule has 7 heteroatoms. The number of benzene rings is 1. The van der Waals surface area contributed by atoms with Crippen molar-refractivity contribution in [1.29, 1.82) is 0 Å². The molecular formula is C23H35N3O4. The third-order valence-corrected chi connectivity index (χ3v) is 6.07. The molecule has 2 saturated heterocycles. The van der Waals surface area contributed by atoms with Crippen LogP contribution in [-0.4, -0.2) is 93.2 Å². The largest absolute Gasteiger partial charge is 0.490 e. The van der Waals surface area contributed by atoms with E-state index in [9.17, 15) is 9.59 Å². The van der Waals surface area contributed by atoms with Crippen LogP contribution in [0.5, 0.6) is 5.75 Å². The molecule has 1 atom stereocenters. The molecule has 2 aliphatic rings. The first kappa shape index (κ1) is 22.6. The Labute approximate surface area is 179 Å². The summed E-state index contributed by atoms with van der Waals surface area (Å²) < 4.78 is 11.0. The Morgan fingerprint density at radius 3 is 2.43 bits per heavy atom. The summed E-state index contributed by atoms with van der Waals surface area (Å²) in [5.74, 6) is 1.40. The number of carbonyl (C=O) groups excluding carboxylic acids is 2. The molecule has 0 radical (unpaired) electrons. The van der Waals surface area contributed by atoms with Crippen LogP contribution in [0.15, 0.2) is 24.3 Å². The number of nitrogens with zero attached hydrogens (tertiary/aromatic N) is 3. The van der Waals surface area contributed by atoms with E-state index >= 15 is 0 Å². The minimum atomic E-state index is 0.0304. The van der Waals surface area contributed by atoms with Crippen molar-refractivity contribution in [3.05, 3.63) is 29.8 Å². The summed E-state index contributed by atoms with van der Waals surface area (Å²) in [5.41, 5.74) is 0.689. The lowest BCUT2D eigenvalue weighted by molar-refractivity contribution is -0.136. The van der Waals surface area contributed by atoms with Crippen LogP contribution in [0.1, 0.15) is 36.0 Å². The van der Waals surface area contributed by atoms with E-state index in [2.05, 4.69) is 11.9 Å². The highest BCUT2D eigenvalue weighted by Crippen LogP contribution is 2.21. The minimum Gasteiger partial charge on any atom is -0.490 e. The van der Waals surface area contributed by atoms with Gasteiger partial charge < -0.3 is 24.2 Å². The molecule has 2 fully saturated rings. The van der Waals surface area contributed by atoms with E-state index in [0.717, 1.165) is 38.2 Å². The average molecular weight is 418 g/mol. The van der Waals surface area contributed by atoms with Gasteiger partial charge in [0.1, 0.15) is 18.5 Å². The topological polar surface area (TPSA) is 62.3 Å². The van der Waals surface area contributed by atoms with Gasteiger partial charge in [-0.3, -0.25) is 9.59 Å². The molecule has 3 rings (SSSR count). The summed E-state index contributed by atoms with van der Waals surface area (Å²) in [6, 6.07) is 7.44. The number of ether oxygens (including phenoxy) is 2. The lowest BCUT2D eigenvalue weighted by Crippen LogP contribution is -2.43. The summed E-state index contributed by atoms with van der Waals surface area (Å²) >= 11 is 0. The van der Waals surface area contributed by atoms with Gasteiger partial charge in [0, 0.05) is 58.7 Å². The van der Waals surface area contributed by atoms with Gasteiger partial charge in [-0.1, -0.05) is 0 Å². The van der Waals surface area contributed by atoms with E-state index < -0.39 is 0 Å². The molecule has 0 aliphatic carbocycles. The molecule has 166 valence electrons. The number of amides is 2. The van der Waals surface area contributed by atoms with Crippen LogP contribution >= 0.6 is 0 Å². The fourth-order valence-electron chi connectivity index (χ4n) is 4.42. The summed E-state index contributed by atoms with van der Waals surface area (Å²) in [6.07, 6.45) is 4.08. The van der Waals surface area contributed by atoms with Crippen molar-refractivity contribution in [3.63, 3.8) is 0 Å². The van der Waals surface area contributed by atoms with Crippen LogP contribution < -0.4 is 4.74 Å². The van der Waals surface area contributed by atoms with Crippen LogP contribution in [-0.2, 0) is 9.53 Å². The molecule has 0 bridgehead atoms. The maximum atomic E-state index is 12.8. The van der Waals surface area contributed by atoms with Gasteiger partial charge in [-0.15, -0.1) is 0 Å². The normalized spacial score (nSPS) is 20.8. The van der Waals surface area contributed by atoms with Gasteiger partial charge in [-0.2, -0.15) is 0 Å². The highest BCUT2D eigenvalue weighted by atomic mass is 16.5. The first-order chi connectivity index (χ1) is 14.5. The molecule has 2 heterocycles. The Morgan fingerprint density at radius 1 is 1.10 bits per heavy atom. The highest BCUT2D eigenvalue weighted by molar-refractivity contribution is 5.94. The van der Waals surface area contributed by atoms with Crippen LogP contribution in [0, 0.1) is 5.92 Å². The predicted octanol–water partition coefficient (Wildman–Crippen LogP) is 2.12. The molecule has 0 saturated carbocycles. The van der Waals surface area contributed by atoms with Gasteiger partial charge >= 0.3 is 0 Å². The molecule has 7 nitrogen and oxygen atoms in total. The number of hydrogen-bond acceptors (Lipinski definition) is 5. The first-order valence-corrected chi connectivity index (χ1v) is 10.9. The Kier molecular flexibility index (Phi) is 8.10. The second-order valence-corrected chi connectivity index (χ2v) is 8.61. The van der Waals surface area contributed by atoms with Gasteiger partial charge in [0.05, 0.1) is 0 Å². The molecule has 2 amide bonds. The van der Waals surface area contributed by atoms with E-state index in [4.69, 9.17) is 9.47 Å². The van der Waals surface area contributed by atoms with Gasteiger partial charge in [0.2, 0.25) is 5.91 Å². The number of methoxy groups -OCH3 is 1. The van der Waals surface area contributed by atoms with E-state index in [0.29, 0.717) is 24.6 Å². The number of hydrogen-bond donors (Lipinski definition) is 0. The van der Waals surface area contributed by atoms with Crippen molar-refractivity contribution >= 4 is 11.8 Å². The van der Waals surface area contributed by atoms with E-state index in [1.54, 1.807) is 0 Å². The summed E-state index contributed by atoms with van der Waals surface area (Å²) in [5, 5.41) is 0. The van der Waals surface area contributed by atoms with Crippen molar-refractivity contribution < 1.29 is 19.1 Å². The van der Waals surface area contributed by atoms with E-state index in [1.807, 2.05) is 41.1 Å². The zero-order chi connectivity index (χ0) is 21.5. The Bertz CT molecular complexity index is 701. The molecule has 1 aromatic rings.